The van der Waals surface area contributed by atoms with E-state index in [1.54, 1.807) is 0 Å². The molecule has 14 heavy (non-hydrogen) atoms. The first kappa shape index (κ1) is 11.6. The summed E-state index contributed by atoms with van der Waals surface area (Å²) in [7, 11) is 0. The quantitative estimate of drug-likeness (QED) is 0.585. The van der Waals surface area contributed by atoms with E-state index in [0.29, 0.717) is 5.92 Å². The Kier molecular flexibility index (Phi) is 3.61. The molecular weight excluding hydrogens is 168 g/mol. The Morgan fingerprint density at radius 3 is 2.00 bits per heavy atom. The molecular formula is C14H24. The molecule has 0 bridgehead atoms. The molecule has 0 spiro atoms. The monoisotopic (exact) mass is 192 g/mol. The first-order valence-corrected chi connectivity index (χ1v) is 5.88. The molecule has 0 aromatic rings. The average Bonchev–Trinajstić information content (AvgIpc) is 2.69. The fraction of sp³-hybridized carbons (Fsp3) is 0.786. The third kappa shape index (κ3) is 2.51. The van der Waals surface area contributed by atoms with Crippen molar-refractivity contribution in [2.24, 2.45) is 29.6 Å². The molecule has 1 fully saturated rings. The standard InChI is InChI=1S/C14H24/c1-9(2)7-8-10(3)11(4)14-12(5)13(14)6/h7,9,11-14H,1-6H3. The summed E-state index contributed by atoms with van der Waals surface area (Å²) in [5.41, 5.74) is 4.87. The fourth-order valence-corrected chi connectivity index (χ4v) is 2.33. The van der Waals surface area contributed by atoms with Crippen LogP contribution in [0.4, 0.5) is 0 Å². The van der Waals surface area contributed by atoms with Gasteiger partial charge in [0.05, 0.1) is 0 Å². The van der Waals surface area contributed by atoms with Crippen LogP contribution in [-0.4, -0.2) is 0 Å². The summed E-state index contributed by atoms with van der Waals surface area (Å²) in [5, 5.41) is 0. The summed E-state index contributed by atoms with van der Waals surface area (Å²) < 4.78 is 0. The first-order valence-electron chi connectivity index (χ1n) is 5.88. The Bertz CT molecular complexity index is 245. The molecule has 80 valence electrons. The van der Waals surface area contributed by atoms with E-state index in [-0.39, 0.29) is 0 Å². The van der Waals surface area contributed by atoms with Crippen LogP contribution in [0.2, 0.25) is 0 Å². The smallest absolute Gasteiger partial charge is 0.0125 e. The second-order valence-corrected chi connectivity index (χ2v) is 5.32. The zero-order valence-corrected chi connectivity index (χ0v) is 10.5. The van der Waals surface area contributed by atoms with Crippen LogP contribution in [0.5, 0.6) is 0 Å². The van der Waals surface area contributed by atoms with Gasteiger partial charge in [-0.15, -0.1) is 5.73 Å². The molecule has 1 rings (SSSR count). The third-order valence-electron chi connectivity index (χ3n) is 3.81. The molecule has 0 N–H and O–H groups in total. The lowest BCUT2D eigenvalue weighted by atomic mass is 9.95. The number of rotatable bonds is 3. The van der Waals surface area contributed by atoms with Crippen molar-refractivity contribution in [2.45, 2.75) is 41.5 Å². The number of allylic oxidation sites excluding steroid dienone is 1. The predicted octanol–water partition coefficient (Wildman–Crippen LogP) is 4.28. The van der Waals surface area contributed by atoms with Gasteiger partial charge >= 0.3 is 0 Å². The van der Waals surface area contributed by atoms with Crippen molar-refractivity contribution in [3.8, 4) is 0 Å². The lowest BCUT2D eigenvalue weighted by Crippen LogP contribution is -2.00. The van der Waals surface area contributed by atoms with E-state index in [9.17, 15) is 0 Å². The molecule has 0 amide bonds. The Morgan fingerprint density at radius 2 is 1.64 bits per heavy atom. The molecule has 1 aliphatic carbocycles. The van der Waals surface area contributed by atoms with Crippen LogP contribution in [0.3, 0.4) is 0 Å². The van der Waals surface area contributed by atoms with Gasteiger partial charge in [0.1, 0.15) is 0 Å². The molecule has 0 radical (unpaired) electrons. The van der Waals surface area contributed by atoms with Crippen molar-refractivity contribution in [1.29, 1.82) is 0 Å². The molecule has 1 saturated carbocycles. The van der Waals surface area contributed by atoms with E-state index in [1.807, 2.05) is 0 Å². The van der Waals surface area contributed by atoms with Gasteiger partial charge in [-0.3, -0.25) is 0 Å². The topological polar surface area (TPSA) is 0 Å². The molecule has 0 aromatic heterocycles. The van der Waals surface area contributed by atoms with Gasteiger partial charge in [0, 0.05) is 0 Å². The summed E-state index contributed by atoms with van der Waals surface area (Å²) in [5.74, 6) is 4.07. The summed E-state index contributed by atoms with van der Waals surface area (Å²) in [6, 6.07) is 0. The van der Waals surface area contributed by atoms with Crippen molar-refractivity contribution < 1.29 is 0 Å². The Morgan fingerprint density at radius 1 is 1.14 bits per heavy atom. The van der Waals surface area contributed by atoms with Crippen LogP contribution in [0.25, 0.3) is 0 Å². The van der Waals surface area contributed by atoms with E-state index >= 15 is 0 Å². The molecule has 0 nitrogen and oxygen atoms in total. The summed E-state index contributed by atoms with van der Waals surface area (Å²) in [6.07, 6.45) is 2.18. The van der Waals surface area contributed by atoms with E-state index in [4.69, 9.17) is 0 Å². The highest BCUT2D eigenvalue weighted by Crippen LogP contribution is 2.51. The van der Waals surface area contributed by atoms with Crippen molar-refractivity contribution in [2.75, 3.05) is 0 Å². The van der Waals surface area contributed by atoms with Gasteiger partial charge in [0.25, 0.3) is 0 Å². The predicted molar refractivity (Wildman–Crippen MR) is 63.1 cm³/mol. The fourth-order valence-electron chi connectivity index (χ4n) is 2.33. The largest absolute Gasteiger partial charge is 0.126 e. The minimum absolute atomic E-state index is 0.617. The van der Waals surface area contributed by atoms with Gasteiger partial charge in [-0.1, -0.05) is 34.6 Å². The molecule has 0 heteroatoms. The SMILES string of the molecule is CC(=C=CC(C)C)C(C)C1C(C)C1C. The maximum Gasteiger partial charge on any atom is -0.0125 e. The number of hydrogen-bond acceptors (Lipinski definition) is 0. The Hall–Kier alpha value is -0.480. The summed E-state index contributed by atoms with van der Waals surface area (Å²) in [4.78, 5) is 0. The minimum atomic E-state index is 0.617. The third-order valence-corrected chi connectivity index (χ3v) is 3.81. The zero-order chi connectivity index (χ0) is 10.9. The Balaban J connectivity index is 2.62. The molecule has 1 aliphatic rings. The molecule has 0 heterocycles. The van der Waals surface area contributed by atoms with Crippen LogP contribution in [0.1, 0.15) is 41.5 Å². The van der Waals surface area contributed by atoms with E-state index in [2.05, 4.69) is 53.3 Å². The van der Waals surface area contributed by atoms with Gasteiger partial charge in [-0.2, -0.15) is 0 Å². The highest BCUT2D eigenvalue weighted by molar-refractivity contribution is 5.10. The highest BCUT2D eigenvalue weighted by Gasteiger charge is 2.46. The average molecular weight is 192 g/mol. The Labute approximate surface area is 89.1 Å². The second kappa shape index (κ2) is 4.36. The molecule has 0 aliphatic heterocycles. The van der Waals surface area contributed by atoms with Gasteiger partial charge < -0.3 is 0 Å². The van der Waals surface area contributed by atoms with Crippen molar-refractivity contribution in [1.82, 2.24) is 0 Å². The van der Waals surface area contributed by atoms with Crippen molar-refractivity contribution >= 4 is 0 Å². The van der Waals surface area contributed by atoms with Crippen LogP contribution < -0.4 is 0 Å². The zero-order valence-electron chi connectivity index (χ0n) is 10.5. The molecule has 0 saturated heterocycles. The first-order chi connectivity index (χ1) is 6.45. The van der Waals surface area contributed by atoms with Crippen LogP contribution >= 0.6 is 0 Å². The van der Waals surface area contributed by atoms with Crippen molar-refractivity contribution in [3.63, 3.8) is 0 Å². The normalized spacial score (nSPS) is 32.4. The molecule has 0 aromatic carbocycles. The van der Waals surface area contributed by atoms with Crippen LogP contribution in [-0.2, 0) is 0 Å². The van der Waals surface area contributed by atoms with Crippen LogP contribution in [0, 0.1) is 29.6 Å². The maximum atomic E-state index is 3.44. The van der Waals surface area contributed by atoms with Crippen LogP contribution in [0.15, 0.2) is 17.4 Å². The summed E-state index contributed by atoms with van der Waals surface area (Å²) in [6.45, 7) is 13.7. The van der Waals surface area contributed by atoms with E-state index in [0.717, 1.165) is 23.7 Å². The lowest BCUT2D eigenvalue weighted by Gasteiger charge is -2.09. The van der Waals surface area contributed by atoms with Gasteiger partial charge in [0.15, 0.2) is 0 Å². The van der Waals surface area contributed by atoms with Gasteiger partial charge in [-0.25, -0.2) is 0 Å². The minimum Gasteiger partial charge on any atom is -0.126 e. The van der Waals surface area contributed by atoms with Crippen molar-refractivity contribution in [3.05, 3.63) is 17.4 Å². The van der Waals surface area contributed by atoms with Gasteiger partial charge in [-0.05, 0) is 48.2 Å². The second-order valence-electron chi connectivity index (χ2n) is 5.32. The van der Waals surface area contributed by atoms with E-state index < -0.39 is 0 Å². The lowest BCUT2D eigenvalue weighted by molar-refractivity contribution is 0.540. The molecule has 3 unspecified atom stereocenters. The molecule has 3 atom stereocenters. The van der Waals surface area contributed by atoms with E-state index in [1.165, 1.54) is 5.57 Å². The number of hydrogen-bond donors (Lipinski definition) is 0. The maximum absolute atomic E-state index is 3.44. The highest BCUT2D eigenvalue weighted by atomic mass is 14.5. The summed E-state index contributed by atoms with van der Waals surface area (Å²) >= 11 is 0. The van der Waals surface area contributed by atoms with Gasteiger partial charge in [0.2, 0.25) is 0 Å².